The van der Waals surface area contributed by atoms with Crippen LogP contribution in [0.3, 0.4) is 0 Å². The van der Waals surface area contributed by atoms with Crippen molar-refractivity contribution < 1.29 is 14.3 Å². The first-order valence-corrected chi connectivity index (χ1v) is 7.23. The number of carbonyl (C=O) groups is 1. The van der Waals surface area contributed by atoms with Gasteiger partial charge in [0.15, 0.2) is 0 Å². The predicted octanol–water partition coefficient (Wildman–Crippen LogP) is 4.09. The molecule has 1 amide bonds. The van der Waals surface area contributed by atoms with Gasteiger partial charge in [-0.3, -0.25) is 4.79 Å². The van der Waals surface area contributed by atoms with Crippen molar-refractivity contribution in [3.8, 4) is 5.75 Å². The molecular formula is C16H15BrFNO2. The van der Waals surface area contributed by atoms with E-state index in [9.17, 15) is 14.3 Å². The van der Waals surface area contributed by atoms with E-state index in [0.29, 0.717) is 15.6 Å². The third kappa shape index (κ3) is 3.61. The maximum atomic E-state index is 13.6. The number of carbonyl (C=O) groups excluding carboxylic acids is 1. The third-order valence-corrected chi connectivity index (χ3v) is 3.74. The fourth-order valence-electron chi connectivity index (χ4n) is 1.93. The summed E-state index contributed by atoms with van der Waals surface area (Å²) >= 11 is 3.25. The van der Waals surface area contributed by atoms with Crippen LogP contribution in [0.4, 0.5) is 4.39 Å². The molecule has 1 atom stereocenters. The molecule has 2 N–H and O–H groups in total. The zero-order chi connectivity index (χ0) is 15.6. The van der Waals surface area contributed by atoms with Crippen molar-refractivity contribution in [1.29, 1.82) is 0 Å². The molecule has 0 radical (unpaired) electrons. The third-order valence-electron chi connectivity index (χ3n) is 3.25. The molecule has 0 heterocycles. The fraction of sp³-hybridized carbons (Fsp3) is 0.188. The molecule has 21 heavy (non-hydrogen) atoms. The Balaban J connectivity index is 2.18. The lowest BCUT2D eigenvalue weighted by molar-refractivity contribution is 0.0937. The van der Waals surface area contributed by atoms with Crippen LogP contribution >= 0.6 is 15.9 Å². The summed E-state index contributed by atoms with van der Waals surface area (Å²) in [4.78, 5) is 12.2. The number of amides is 1. The molecule has 2 aromatic carbocycles. The van der Waals surface area contributed by atoms with Gasteiger partial charge in [0.25, 0.3) is 5.91 Å². The van der Waals surface area contributed by atoms with E-state index in [2.05, 4.69) is 21.2 Å². The smallest absolute Gasteiger partial charge is 0.255 e. The van der Waals surface area contributed by atoms with Gasteiger partial charge in [-0.05, 0) is 49.2 Å². The number of phenolic OH excluding ortho intramolecular Hbond substituents is 1. The molecule has 0 saturated carbocycles. The molecular weight excluding hydrogens is 337 g/mol. The van der Waals surface area contributed by atoms with Crippen LogP contribution in [0.25, 0.3) is 0 Å². The average Bonchev–Trinajstić information content (AvgIpc) is 2.44. The summed E-state index contributed by atoms with van der Waals surface area (Å²) in [5, 5.41) is 12.5. The number of hydrogen-bond donors (Lipinski definition) is 2. The van der Waals surface area contributed by atoms with E-state index < -0.39 is 5.91 Å². The molecule has 110 valence electrons. The molecule has 3 nitrogen and oxygen atoms in total. The molecule has 0 fully saturated rings. The van der Waals surface area contributed by atoms with Crippen molar-refractivity contribution in [2.45, 2.75) is 19.9 Å². The van der Waals surface area contributed by atoms with Gasteiger partial charge in [0.2, 0.25) is 0 Å². The van der Waals surface area contributed by atoms with Gasteiger partial charge in [-0.2, -0.15) is 0 Å². The second-order valence-corrected chi connectivity index (χ2v) is 5.78. The number of halogens is 2. The number of hydrogen-bond acceptors (Lipinski definition) is 2. The van der Waals surface area contributed by atoms with Gasteiger partial charge < -0.3 is 10.4 Å². The van der Waals surface area contributed by atoms with E-state index in [1.54, 1.807) is 32.0 Å². The Labute approximate surface area is 130 Å². The lowest BCUT2D eigenvalue weighted by atomic mass is 10.1. The highest BCUT2D eigenvalue weighted by atomic mass is 79.9. The highest BCUT2D eigenvalue weighted by Gasteiger charge is 2.15. The molecule has 2 rings (SSSR count). The first-order chi connectivity index (χ1) is 9.88. The Morgan fingerprint density at radius 1 is 1.29 bits per heavy atom. The summed E-state index contributed by atoms with van der Waals surface area (Å²) in [5.74, 6) is -0.820. The highest BCUT2D eigenvalue weighted by Crippen LogP contribution is 2.23. The number of phenols is 1. The first-order valence-electron chi connectivity index (χ1n) is 6.44. The van der Waals surface area contributed by atoms with Crippen LogP contribution in [-0.4, -0.2) is 11.0 Å². The molecule has 1 unspecified atom stereocenters. The number of benzene rings is 2. The molecule has 0 aliphatic heterocycles. The minimum atomic E-state index is -0.415. The molecule has 0 spiro atoms. The summed E-state index contributed by atoms with van der Waals surface area (Å²) in [6, 6.07) is 9.09. The summed E-state index contributed by atoms with van der Waals surface area (Å²) < 4.78 is 14.3. The minimum Gasteiger partial charge on any atom is -0.507 e. The molecule has 2 aromatic rings. The molecule has 0 bridgehead atoms. The van der Waals surface area contributed by atoms with Crippen molar-refractivity contribution in [3.63, 3.8) is 0 Å². The van der Waals surface area contributed by atoms with Gasteiger partial charge in [-0.15, -0.1) is 0 Å². The van der Waals surface area contributed by atoms with E-state index in [-0.39, 0.29) is 23.2 Å². The minimum absolute atomic E-state index is 0.0991. The molecule has 0 aliphatic carbocycles. The largest absolute Gasteiger partial charge is 0.507 e. The number of nitrogens with one attached hydrogen (secondary N) is 1. The second-order valence-electron chi connectivity index (χ2n) is 4.87. The van der Waals surface area contributed by atoms with Crippen molar-refractivity contribution in [1.82, 2.24) is 5.32 Å². The number of rotatable bonds is 3. The highest BCUT2D eigenvalue weighted by molar-refractivity contribution is 9.10. The summed E-state index contributed by atoms with van der Waals surface area (Å²) in [6.45, 7) is 3.44. The van der Waals surface area contributed by atoms with Crippen LogP contribution in [0.5, 0.6) is 5.75 Å². The monoisotopic (exact) mass is 351 g/mol. The van der Waals surface area contributed by atoms with Gasteiger partial charge in [0.05, 0.1) is 11.6 Å². The van der Waals surface area contributed by atoms with Crippen LogP contribution in [0.15, 0.2) is 40.9 Å². The summed E-state index contributed by atoms with van der Waals surface area (Å²) in [6.07, 6.45) is 0. The van der Waals surface area contributed by atoms with Crippen LogP contribution in [-0.2, 0) is 0 Å². The molecule has 0 saturated heterocycles. The second kappa shape index (κ2) is 6.26. The van der Waals surface area contributed by atoms with Crippen molar-refractivity contribution >= 4 is 21.8 Å². The SMILES string of the molecule is Cc1ccc(C(C)NC(=O)c2cc(Br)ccc2O)cc1F. The average molecular weight is 352 g/mol. The first kappa shape index (κ1) is 15.5. The normalized spacial score (nSPS) is 12.0. The Kier molecular flexibility index (Phi) is 4.63. The van der Waals surface area contributed by atoms with E-state index in [0.717, 1.165) is 0 Å². The fourth-order valence-corrected chi connectivity index (χ4v) is 2.29. The van der Waals surface area contributed by atoms with E-state index in [1.807, 2.05) is 0 Å². The lowest BCUT2D eigenvalue weighted by Crippen LogP contribution is -2.26. The Morgan fingerprint density at radius 2 is 2.00 bits per heavy atom. The Bertz CT molecular complexity index is 688. The quantitative estimate of drug-likeness (QED) is 0.874. The number of aromatic hydroxyl groups is 1. The predicted molar refractivity (Wildman–Crippen MR) is 82.8 cm³/mol. The molecule has 5 heteroatoms. The van der Waals surface area contributed by atoms with E-state index in [4.69, 9.17) is 0 Å². The van der Waals surface area contributed by atoms with Crippen LogP contribution in [0.1, 0.15) is 34.5 Å². The lowest BCUT2D eigenvalue weighted by Gasteiger charge is -2.15. The summed E-state index contributed by atoms with van der Waals surface area (Å²) in [7, 11) is 0. The van der Waals surface area contributed by atoms with Gasteiger partial charge >= 0.3 is 0 Å². The van der Waals surface area contributed by atoms with E-state index >= 15 is 0 Å². The number of aryl methyl sites for hydroxylation is 1. The molecule has 0 aromatic heterocycles. The van der Waals surface area contributed by atoms with Gasteiger partial charge in [0, 0.05) is 4.47 Å². The van der Waals surface area contributed by atoms with E-state index in [1.165, 1.54) is 18.2 Å². The van der Waals surface area contributed by atoms with Crippen molar-refractivity contribution in [2.24, 2.45) is 0 Å². The van der Waals surface area contributed by atoms with Crippen molar-refractivity contribution in [3.05, 3.63) is 63.4 Å². The Hall–Kier alpha value is -1.88. The zero-order valence-electron chi connectivity index (χ0n) is 11.7. The van der Waals surface area contributed by atoms with Crippen LogP contribution < -0.4 is 5.32 Å². The maximum Gasteiger partial charge on any atom is 0.255 e. The van der Waals surface area contributed by atoms with Gasteiger partial charge in [0.1, 0.15) is 11.6 Å². The summed E-state index contributed by atoms with van der Waals surface area (Å²) in [5.41, 5.74) is 1.40. The standard InChI is InChI=1S/C16H15BrFNO2/c1-9-3-4-11(7-14(9)18)10(2)19-16(21)13-8-12(17)5-6-15(13)20/h3-8,10,20H,1-2H3,(H,19,21). The Morgan fingerprint density at radius 3 is 2.67 bits per heavy atom. The van der Waals surface area contributed by atoms with Crippen LogP contribution in [0, 0.1) is 12.7 Å². The van der Waals surface area contributed by atoms with Gasteiger partial charge in [-0.1, -0.05) is 28.1 Å². The van der Waals surface area contributed by atoms with Crippen LogP contribution in [0.2, 0.25) is 0 Å². The zero-order valence-corrected chi connectivity index (χ0v) is 13.2. The maximum absolute atomic E-state index is 13.6. The molecule has 0 aliphatic rings. The van der Waals surface area contributed by atoms with Crippen molar-refractivity contribution in [2.75, 3.05) is 0 Å². The topological polar surface area (TPSA) is 49.3 Å². The van der Waals surface area contributed by atoms with Gasteiger partial charge in [-0.25, -0.2) is 4.39 Å².